The van der Waals surface area contributed by atoms with Crippen LogP contribution in [0, 0.1) is 10.8 Å². The first-order valence-electron chi connectivity index (χ1n) is 12.7. The lowest BCUT2D eigenvalue weighted by molar-refractivity contribution is -0.206. The summed E-state index contributed by atoms with van der Waals surface area (Å²) >= 11 is 0. The van der Waals surface area contributed by atoms with E-state index in [9.17, 15) is 24.0 Å². The number of ether oxygens (including phenoxy) is 1. The van der Waals surface area contributed by atoms with E-state index in [0.29, 0.717) is 5.56 Å². The van der Waals surface area contributed by atoms with E-state index in [1.165, 1.54) is 37.5 Å². The highest BCUT2D eigenvalue weighted by Crippen LogP contribution is 2.62. The fourth-order valence-corrected chi connectivity index (χ4v) is 5.50. The molecule has 2 amide bonds. The van der Waals surface area contributed by atoms with Crippen molar-refractivity contribution in [3.63, 3.8) is 0 Å². The number of amides is 2. The van der Waals surface area contributed by atoms with E-state index < -0.39 is 35.0 Å². The number of carbonyl (C=O) groups is 5. The summed E-state index contributed by atoms with van der Waals surface area (Å²) in [6, 6.07) is 7.04. The van der Waals surface area contributed by atoms with Gasteiger partial charge in [0.1, 0.15) is 17.7 Å². The Bertz CT molecular complexity index is 926. The number of ketones is 2. The van der Waals surface area contributed by atoms with Crippen LogP contribution in [-0.2, 0) is 23.9 Å². The number of benzene rings is 1. The molecule has 0 N–H and O–H groups in total. The Labute approximate surface area is 215 Å². The monoisotopic (exact) mass is 502 g/mol. The molecule has 2 aliphatic rings. The summed E-state index contributed by atoms with van der Waals surface area (Å²) in [5, 5.41) is 0. The Kier molecular flexibility index (Phi) is 10.6. The minimum Gasteiger partial charge on any atom is -0.455 e. The van der Waals surface area contributed by atoms with Crippen molar-refractivity contribution in [1.82, 2.24) is 9.80 Å². The minimum absolute atomic E-state index is 0.0235. The quantitative estimate of drug-likeness (QED) is 0.579. The second-order valence-corrected chi connectivity index (χ2v) is 9.14. The molecule has 200 valence electrons. The lowest BCUT2D eigenvalue weighted by Gasteiger charge is -2.68. The molecule has 0 spiro atoms. The van der Waals surface area contributed by atoms with Crippen LogP contribution in [-0.4, -0.2) is 70.4 Å². The summed E-state index contributed by atoms with van der Waals surface area (Å²) in [6.07, 6.45) is -0.812. The minimum atomic E-state index is -1.18. The highest BCUT2D eigenvalue weighted by Gasteiger charge is 2.76. The van der Waals surface area contributed by atoms with Crippen LogP contribution < -0.4 is 0 Å². The van der Waals surface area contributed by atoms with Crippen LogP contribution in [0.3, 0.4) is 0 Å². The molecule has 1 aromatic rings. The van der Waals surface area contributed by atoms with Crippen LogP contribution in [0.15, 0.2) is 30.3 Å². The Hall–Kier alpha value is -3.03. The zero-order valence-electron chi connectivity index (χ0n) is 23.4. The first-order chi connectivity index (χ1) is 16.9. The van der Waals surface area contributed by atoms with E-state index in [1.807, 2.05) is 27.7 Å². The van der Waals surface area contributed by atoms with Crippen molar-refractivity contribution in [2.45, 2.75) is 87.4 Å². The van der Waals surface area contributed by atoms with Crippen molar-refractivity contribution in [1.29, 1.82) is 0 Å². The molecule has 1 aromatic carbocycles. The molecule has 36 heavy (non-hydrogen) atoms. The molecule has 1 heterocycles. The molecule has 1 aliphatic carbocycles. The number of Topliss-reactive ketones (excluding diaryl/α,β-unsaturated/α-hetero) is 2. The molecule has 4 atom stereocenters. The lowest BCUT2D eigenvalue weighted by Crippen LogP contribution is -2.82. The van der Waals surface area contributed by atoms with Crippen LogP contribution in [0.2, 0.25) is 0 Å². The smallest absolute Gasteiger partial charge is 0.338 e. The number of esters is 1. The maximum Gasteiger partial charge on any atom is 0.338 e. The van der Waals surface area contributed by atoms with Gasteiger partial charge in [-0.05, 0) is 39.8 Å². The fraction of sp³-hybridized carbons (Fsp3) is 0.607. The third kappa shape index (κ3) is 5.08. The van der Waals surface area contributed by atoms with E-state index in [0.717, 1.165) is 0 Å². The molecule has 1 saturated carbocycles. The van der Waals surface area contributed by atoms with Crippen molar-refractivity contribution < 1.29 is 28.7 Å². The van der Waals surface area contributed by atoms with Gasteiger partial charge >= 0.3 is 5.97 Å². The zero-order valence-corrected chi connectivity index (χ0v) is 23.4. The van der Waals surface area contributed by atoms with Gasteiger partial charge in [-0.15, -0.1) is 0 Å². The molecule has 0 aromatic heterocycles. The molecule has 1 saturated heterocycles. The normalized spacial score (nSPS) is 28.4. The molecule has 8 nitrogen and oxygen atoms in total. The van der Waals surface area contributed by atoms with Gasteiger partial charge in [0, 0.05) is 13.8 Å². The second-order valence-electron chi connectivity index (χ2n) is 9.14. The molecule has 8 heteroatoms. The maximum absolute atomic E-state index is 12.8. The van der Waals surface area contributed by atoms with Gasteiger partial charge in [0.05, 0.1) is 41.6 Å². The first-order valence-corrected chi connectivity index (χ1v) is 12.7. The van der Waals surface area contributed by atoms with Gasteiger partial charge in [0.15, 0.2) is 0 Å². The molecule has 0 bridgehead atoms. The maximum atomic E-state index is 12.8. The van der Waals surface area contributed by atoms with Gasteiger partial charge in [-0.25, -0.2) is 4.79 Å². The van der Waals surface area contributed by atoms with Crippen molar-refractivity contribution >= 4 is 29.4 Å². The number of carbonyl (C=O) groups excluding carboxylic acids is 5. The van der Waals surface area contributed by atoms with Gasteiger partial charge in [-0.1, -0.05) is 45.9 Å². The van der Waals surface area contributed by atoms with Crippen molar-refractivity contribution in [3.05, 3.63) is 35.9 Å². The third-order valence-electron chi connectivity index (χ3n) is 7.59. The molecular formula is C28H42N2O6. The molecule has 0 radical (unpaired) electrons. The summed E-state index contributed by atoms with van der Waals surface area (Å²) in [7, 11) is 0. The Morgan fingerprint density at radius 1 is 0.722 bits per heavy atom. The zero-order chi connectivity index (χ0) is 28.0. The fourth-order valence-electron chi connectivity index (χ4n) is 5.50. The van der Waals surface area contributed by atoms with E-state index in [1.54, 1.807) is 44.2 Å². The van der Waals surface area contributed by atoms with Gasteiger partial charge in [-0.3, -0.25) is 19.2 Å². The molecule has 2 fully saturated rings. The molecular weight excluding hydrogens is 460 g/mol. The Morgan fingerprint density at radius 3 is 1.39 bits per heavy atom. The number of fused-ring (bicyclic) bond motifs is 1. The van der Waals surface area contributed by atoms with Gasteiger partial charge in [0.2, 0.25) is 11.8 Å². The average Bonchev–Trinajstić information content (AvgIpc) is 3.02. The van der Waals surface area contributed by atoms with Crippen molar-refractivity contribution in [3.8, 4) is 0 Å². The average molecular weight is 503 g/mol. The predicted molar refractivity (Wildman–Crippen MR) is 138 cm³/mol. The summed E-state index contributed by atoms with van der Waals surface area (Å²) in [5.74, 6) is -1.66. The van der Waals surface area contributed by atoms with E-state index in [4.69, 9.17) is 4.74 Å². The number of nitrogens with zero attached hydrogens (tertiary/aromatic N) is 2. The van der Waals surface area contributed by atoms with Crippen LogP contribution in [0.5, 0.6) is 0 Å². The predicted octanol–water partition coefficient (Wildman–Crippen LogP) is 3.92. The van der Waals surface area contributed by atoms with E-state index in [-0.39, 0.29) is 36.5 Å². The van der Waals surface area contributed by atoms with Gasteiger partial charge in [0.25, 0.3) is 0 Å². The third-order valence-corrected chi connectivity index (χ3v) is 7.59. The van der Waals surface area contributed by atoms with Crippen LogP contribution in [0.1, 0.15) is 79.6 Å². The second kappa shape index (κ2) is 12.3. The number of hydrogen-bond donors (Lipinski definition) is 0. The van der Waals surface area contributed by atoms with Crippen molar-refractivity contribution in [2.75, 3.05) is 13.1 Å². The molecule has 4 unspecified atom stereocenters. The van der Waals surface area contributed by atoms with E-state index >= 15 is 0 Å². The molecule has 1 aliphatic heterocycles. The summed E-state index contributed by atoms with van der Waals surface area (Å²) in [6.45, 7) is 17.0. The van der Waals surface area contributed by atoms with Gasteiger partial charge < -0.3 is 14.5 Å². The standard InChI is InChI=1S/C24H30N2O6.2C2H6/c1-14(27)23(5)20-21(24(23,6)15(2)28)26(17(4)30)13-19(12-25(20)16(3)29)32-22(31)18-10-8-7-9-11-18;2*1-2/h7-11,19-21H,12-13H2,1-6H3;2*1-2H3. The Balaban J connectivity index is 0.00000154. The number of hydrogen-bond acceptors (Lipinski definition) is 6. The first kappa shape index (κ1) is 31.0. The highest BCUT2D eigenvalue weighted by atomic mass is 16.5. The van der Waals surface area contributed by atoms with Crippen molar-refractivity contribution in [2.24, 2.45) is 10.8 Å². The SMILES string of the molecule is CC.CC.CC(=O)N1CC(OC(=O)c2ccccc2)CN(C(C)=O)C2C1C(C)(C(C)=O)C2(C)C(C)=O. The summed E-state index contributed by atoms with van der Waals surface area (Å²) in [4.78, 5) is 66.8. The number of rotatable bonds is 4. The Morgan fingerprint density at radius 2 is 1.08 bits per heavy atom. The lowest BCUT2D eigenvalue weighted by atomic mass is 9.41. The van der Waals surface area contributed by atoms with Crippen LogP contribution in [0.25, 0.3) is 0 Å². The summed E-state index contributed by atoms with van der Waals surface area (Å²) < 4.78 is 5.70. The van der Waals surface area contributed by atoms with Crippen LogP contribution in [0.4, 0.5) is 0 Å². The largest absolute Gasteiger partial charge is 0.455 e. The molecule has 3 rings (SSSR count). The van der Waals surface area contributed by atoms with Crippen LogP contribution >= 0.6 is 0 Å². The van der Waals surface area contributed by atoms with Gasteiger partial charge in [-0.2, -0.15) is 0 Å². The summed E-state index contributed by atoms with van der Waals surface area (Å²) in [5.41, 5.74) is -2.01. The van der Waals surface area contributed by atoms with E-state index in [2.05, 4.69) is 0 Å². The highest BCUT2D eigenvalue weighted by molar-refractivity contribution is 5.98. The topological polar surface area (TPSA) is 101 Å².